The molecule has 0 atom stereocenters. The number of hydrogen-bond donors (Lipinski definition) is 1. The number of carboxylic acids is 1. The average molecular weight is 423 g/mol. The maximum Gasteiger partial charge on any atom is 0.307 e. The summed E-state index contributed by atoms with van der Waals surface area (Å²) in [5.74, 6) is 1.03. The monoisotopic (exact) mass is 422 g/mol. The zero-order valence-electron chi connectivity index (χ0n) is 18.6. The van der Waals surface area contributed by atoms with Crippen molar-refractivity contribution in [3.63, 3.8) is 0 Å². The van der Waals surface area contributed by atoms with Crippen LogP contribution in [-0.4, -0.2) is 34.1 Å². The number of carboxylic acid groups (broad SMARTS) is 1. The van der Waals surface area contributed by atoms with E-state index >= 15 is 0 Å². The van der Waals surface area contributed by atoms with Crippen molar-refractivity contribution in [2.24, 2.45) is 5.92 Å². The van der Waals surface area contributed by atoms with Gasteiger partial charge in [-0.3, -0.25) is 9.48 Å². The van der Waals surface area contributed by atoms with Crippen molar-refractivity contribution in [2.45, 2.75) is 40.7 Å². The van der Waals surface area contributed by atoms with Gasteiger partial charge in [0.05, 0.1) is 31.0 Å². The zero-order valence-corrected chi connectivity index (χ0v) is 18.6. The molecule has 164 valence electrons. The molecule has 6 nitrogen and oxygen atoms in total. The van der Waals surface area contributed by atoms with E-state index in [9.17, 15) is 9.90 Å². The van der Waals surface area contributed by atoms with Crippen molar-refractivity contribution >= 4 is 5.97 Å². The Bertz CT molecular complexity index is 1040. The molecule has 6 heteroatoms. The summed E-state index contributed by atoms with van der Waals surface area (Å²) in [6.45, 7) is 10.0. The van der Waals surface area contributed by atoms with Crippen LogP contribution in [-0.2, 0) is 17.8 Å². The molecule has 1 aromatic heterocycles. The molecule has 0 saturated carbocycles. The number of hydrogen-bond acceptors (Lipinski definition) is 4. The molecule has 0 aliphatic carbocycles. The standard InChI is InChI=1S/C25H30N2O4/c1-5-30-23-10-8-7-9-19(23)22-15-21(26-27(22)16-17(3)4)20-13-18(14-25(28)29)11-12-24(20)31-6-2/h7-13,15,17H,5-6,14,16H2,1-4H3,(H,28,29). The minimum atomic E-state index is -0.869. The van der Waals surface area contributed by atoms with Crippen LogP contribution in [0.1, 0.15) is 33.3 Å². The Morgan fingerprint density at radius 2 is 1.68 bits per heavy atom. The Balaban J connectivity index is 2.16. The normalized spacial score (nSPS) is 11.0. The first kappa shape index (κ1) is 22.4. The van der Waals surface area contributed by atoms with E-state index in [1.807, 2.05) is 61.0 Å². The third-order valence-corrected chi connectivity index (χ3v) is 4.76. The molecule has 2 aromatic carbocycles. The Hall–Kier alpha value is -3.28. The number of benzene rings is 2. The summed E-state index contributed by atoms with van der Waals surface area (Å²) in [6.07, 6.45) is -0.0495. The van der Waals surface area contributed by atoms with Gasteiger partial charge in [0.2, 0.25) is 0 Å². The van der Waals surface area contributed by atoms with Gasteiger partial charge in [-0.05, 0) is 55.7 Å². The van der Waals surface area contributed by atoms with E-state index in [0.717, 1.165) is 34.8 Å². The van der Waals surface area contributed by atoms with Gasteiger partial charge in [-0.25, -0.2) is 0 Å². The van der Waals surface area contributed by atoms with Gasteiger partial charge in [-0.15, -0.1) is 0 Å². The van der Waals surface area contributed by atoms with E-state index < -0.39 is 5.97 Å². The van der Waals surface area contributed by atoms with Gasteiger partial charge in [0.15, 0.2) is 0 Å². The fraction of sp³-hybridized carbons (Fsp3) is 0.360. The molecule has 0 radical (unpaired) electrons. The topological polar surface area (TPSA) is 73.6 Å². The van der Waals surface area contributed by atoms with Crippen LogP contribution in [0.3, 0.4) is 0 Å². The van der Waals surface area contributed by atoms with E-state index in [0.29, 0.717) is 30.4 Å². The second-order valence-electron chi connectivity index (χ2n) is 7.75. The molecule has 31 heavy (non-hydrogen) atoms. The number of carbonyl (C=O) groups is 1. The molecule has 3 rings (SSSR count). The quantitative estimate of drug-likeness (QED) is 0.480. The average Bonchev–Trinajstić information content (AvgIpc) is 3.12. The Kier molecular flexibility index (Phi) is 7.34. The second kappa shape index (κ2) is 10.2. The van der Waals surface area contributed by atoms with Crippen molar-refractivity contribution < 1.29 is 19.4 Å². The van der Waals surface area contributed by atoms with Crippen LogP contribution < -0.4 is 9.47 Å². The number of rotatable bonds is 10. The lowest BCUT2D eigenvalue weighted by Crippen LogP contribution is -2.08. The zero-order chi connectivity index (χ0) is 22.4. The first-order valence-corrected chi connectivity index (χ1v) is 10.7. The summed E-state index contributed by atoms with van der Waals surface area (Å²) in [4.78, 5) is 11.2. The van der Waals surface area contributed by atoms with Crippen LogP contribution in [0.15, 0.2) is 48.5 Å². The van der Waals surface area contributed by atoms with Crippen LogP contribution in [0.25, 0.3) is 22.5 Å². The van der Waals surface area contributed by atoms with Crippen molar-refractivity contribution in [1.29, 1.82) is 0 Å². The lowest BCUT2D eigenvalue weighted by molar-refractivity contribution is -0.136. The van der Waals surface area contributed by atoms with Crippen LogP contribution in [0.2, 0.25) is 0 Å². The highest BCUT2D eigenvalue weighted by molar-refractivity contribution is 5.77. The summed E-state index contributed by atoms with van der Waals surface area (Å²) in [7, 11) is 0. The minimum Gasteiger partial charge on any atom is -0.493 e. The van der Waals surface area contributed by atoms with Gasteiger partial charge in [-0.1, -0.05) is 32.0 Å². The van der Waals surface area contributed by atoms with Gasteiger partial charge in [0.1, 0.15) is 11.5 Å². The third kappa shape index (κ3) is 5.45. The highest BCUT2D eigenvalue weighted by Gasteiger charge is 2.19. The lowest BCUT2D eigenvalue weighted by atomic mass is 10.0. The smallest absolute Gasteiger partial charge is 0.307 e. The second-order valence-corrected chi connectivity index (χ2v) is 7.75. The number of nitrogens with zero attached hydrogens (tertiary/aromatic N) is 2. The third-order valence-electron chi connectivity index (χ3n) is 4.76. The highest BCUT2D eigenvalue weighted by Crippen LogP contribution is 2.36. The molecule has 1 heterocycles. The maximum absolute atomic E-state index is 11.2. The van der Waals surface area contributed by atoms with Crippen LogP contribution in [0.5, 0.6) is 11.5 Å². The first-order chi connectivity index (χ1) is 14.9. The van der Waals surface area contributed by atoms with Crippen LogP contribution in [0.4, 0.5) is 0 Å². The predicted octanol–water partition coefficient (Wildman–Crippen LogP) is 5.30. The molecular formula is C25H30N2O4. The van der Waals surface area contributed by atoms with Gasteiger partial charge in [-0.2, -0.15) is 5.10 Å². The molecule has 0 aliphatic heterocycles. The van der Waals surface area contributed by atoms with Crippen LogP contribution in [0, 0.1) is 5.92 Å². The van der Waals surface area contributed by atoms with Gasteiger partial charge in [0.25, 0.3) is 0 Å². The van der Waals surface area contributed by atoms with Gasteiger partial charge < -0.3 is 14.6 Å². The van der Waals surface area contributed by atoms with Crippen molar-refractivity contribution in [3.05, 3.63) is 54.1 Å². The van der Waals surface area contributed by atoms with Crippen molar-refractivity contribution in [2.75, 3.05) is 13.2 Å². The molecule has 0 saturated heterocycles. The summed E-state index contributed by atoms with van der Waals surface area (Å²) >= 11 is 0. The molecule has 0 spiro atoms. The summed E-state index contributed by atoms with van der Waals surface area (Å²) in [5.41, 5.74) is 4.18. The van der Waals surface area contributed by atoms with E-state index in [2.05, 4.69) is 13.8 Å². The largest absolute Gasteiger partial charge is 0.493 e. The molecular weight excluding hydrogens is 392 g/mol. The molecule has 1 N–H and O–H groups in total. The van der Waals surface area contributed by atoms with E-state index in [-0.39, 0.29) is 6.42 Å². The number of aromatic nitrogens is 2. The van der Waals surface area contributed by atoms with Gasteiger partial charge in [0, 0.05) is 17.7 Å². The van der Waals surface area contributed by atoms with Crippen molar-refractivity contribution in [1.82, 2.24) is 9.78 Å². The van der Waals surface area contributed by atoms with Gasteiger partial charge >= 0.3 is 5.97 Å². The molecule has 3 aromatic rings. The first-order valence-electron chi connectivity index (χ1n) is 10.7. The predicted molar refractivity (Wildman–Crippen MR) is 122 cm³/mol. The van der Waals surface area contributed by atoms with E-state index in [1.165, 1.54) is 0 Å². The van der Waals surface area contributed by atoms with E-state index in [4.69, 9.17) is 14.6 Å². The van der Waals surface area contributed by atoms with Crippen molar-refractivity contribution in [3.8, 4) is 34.0 Å². The lowest BCUT2D eigenvalue weighted by Gasteiger charge is -2.13. The number of ether oxygens (including phenoxy) is 2. The summed E-state index contributed by atoms with van der Waals surface area (Å²) in [6, 6.07) is 15.5. The fourth-order valence-corrected chi connectivity index (χ4v) is 3.55. The summed E-state index contributed by atoms with van der Waals surface area (Å²) < 4.78 is 13.7. The fourth-order valence-electron chi connectivity index (χ4n) is 3.55. The Morgan fingerprint density at radius 1 is 1.00 bits per heavy atom. The Labute approximate surface area is 183 Å². The molecule has 0 aliphatic rings. The SMILES string of the molecule is CCOc1ccc(CC(=O)O)cc1-c1cc(-c2ccccc2OCC)n(CC(C)C)n1. The maximum atomic E-state index is 11.2. The molecule has 0 unspecified atom stereocenters. The van der Waals surface area contributed by atoms with E-state index in [1.54, 1.807) is 6.07 Å². The molecule has 0 bridgehead atoms. The highest BCUT2D eigenvalue weighted by atomic mass is 16.5. The van der Waals surface area contributed by atoms with Crippen LogP contribution >= 0.6 is 0 Å². The number of para-hydroxylation sites is 1. The molecule has 0 fully saturated rings. The number of aliphatic carboxylic acids is 1. The summed E-state index contributed by atoms with van der Waals surface area (Å²) in [5, 5.41) is 14.1. The molecule has 0 amide bonds. The minimum absolute atomic E-state index is 0.0495. The Morgan fingerprint density at radius 3 is 2.32 bits per heavy atom.